The number of aromatic nitrogens is 1. The molecule has 120 valence electrons. The Hall–Kier alpha value is -2.88. The van der Waals surface area contributed by atoms with Gasteiger partial charge in [-0.1, -0.05) is 6.07 Å². The zero-order valence-electron chi connectivity index (χ0n) is 13.8. The van der Waals surface area contributed by atoms with Crippen LogP contribution in [-0.4, -0.2) is 18.1 Å². The third-order valence-corrected chi connectivity index (χ3v) is 4.47. The van der Waals surface area contributed by atoms with Gasteiger partial charge < -0.3 is 14.7 Å². The Morgan fingerprint density at radius 2 is 1.83 bits per heavy atom. The smallest absolute Gasteiger partial charge is 0.160 e. The maximum Gasteiger partial charge on any atom is 0.160 e. The minimum Gasteiger partial charge on any atom is -0.452 e. The molecule has 2 aromatic rings. The standard InChI is InChI=1S/C20H19N3O/c1-3-23(4-2)15-7-8-16-13(11-15)5-9-18-20(16)24-19-12-14(21)6-10-17(19)22-18/h5-12,21H,3-4H2,1-2H3. The van der Waals surface area contributed by atoms with Gasteiger partial charge in [-0.3, -0.25) is 0 Å². The Morgan fingerprint density at radius 3 is 2.62 bits per heavy atom. The molecule has 2 aromatic carbocycles. The van der Waals surface area contributed by atoms with Gasteiger partial charge in [0, 0.05) is 30.2 Å². The molecule has 0 bridgehead atoms. The van der Waals surface area contributed by atoms with E-state index in [1.54, 1.807) is 12.1 Å². The van der Waals surface area contributed by atoms with E-state index in [-0.39, 0.29) is 0 Å². The third kappa shape index (κ3) is 2.31. The van der Waals surface area contributed by atoms with E-state index in [1.807, 2.05) is 12.1 Å². The van der Waals surface area contributed by atoms with E-state index in [9.17, 15) is 0 Å². The topological polar surface area (TPSA) is 53.1 Å². The number of hydrogen-bond acceptors (Lipinski definition) is 4. The van der Waals surface area contributed by atoms with E-state index >= 15 is 0 Å². The van der Waals surface area contributed by atoms with E-state index in [2.05, 4.69) is 48.0 Å². The van der Waals surface area contributed by atoms with Crippen LogP contribution in [0.15, 0.2) is 52.9 Å². The summed E-state index contributed by atoms with van der Waals surface area (Å²) < 4.78 is 6.10. The second-order valence-electron chi connectivity index (χ2n) is 5.89. The highest BCUT2D eigenvalue weighted by Crippen LogP contribution is 2.31. The predicted octanol–water partition coefficient (Wildman–Crippen LogP) is 4.41. The molecule has 4 heteroatoms. The van der Waals surface area contributed by atoms with Crippen molar-refractivity contribution in [3.63, 3.8) is 0 Å². The molecule has 4 nitrogen and oxygen atoms in total. The summed E-state index contributed by atoms with van der Waals surface area (Å²) in [7, 11) is 0. The van der Waals surface area contributed by atoms with Crippen LogP contribution in [0.1, 0.15) is 13.8 Å². The molecule has 1 N–H and O–H groups in total. The van der Waals surface area contributed by atoms with Crippen molar-refractivity contribution in [3.8, 4) is 11.5 Å². The molecule has 0 radical (unpaired) electrons. The summed E-state index contributed by atoms with van der Waals surface area (Å²) in [4.78, 5) is 7.00. The monoisotopic (exact) mass is 317 g/mol. The van der Waals surface area contributed by atoms with Gasteiger partial charge >= 0.3 is 0 Å². The third-order valence-electron chi connectivity index (χ3n) is 4.47. The highest BCUT2D eigenvalue weighted by Gasteiger charge is 2.12. The zero-order chi connectivity index (χ0) is 16.7. The summed E-state index contributed by atoms with van der Waals surface area (Å²) >= 11 is 0. The average Bonchev–Trinajstić information content (AvgIpc) is 2.61. The summed E-state index contributed by atoms with van der Waals surface area (Å²) in [6, 6.07) is 15.8. The van der Waals surface area contributed by atoms with E-state index in [0.717, 1.165) is 40.7 Å². The number of nitrogens with one attached hydrogen (secondary N) is 1. The molecule has 0 atom stereocenters. The van der Waals surface area contributed by atoms with Crippen LogP contribution in [0.25, 0.3) is 33.3 Å². The molecule has 0 fully saturated rings. The highest BCUT2D eigenvalue weighted by molar-refractivity contribution is 6.04. The van der Waals surface area contributed by atoms with Gasteiger partial charge in [-0.05, 0) is 55.6 Å². The van der Waals surface area contributed by atoms with Gasteiger partial charge in [-0.15, -0.1) is 0 Å². The maximum atomic E-state index is 7.77. The summed E-state index contributed by atoms with van der Waals surface area (Å²) in [6.07, 6.45) is 0. The first-order valence-corrected chi connectivity index (χ1v) is 8.26. The predicted molar refractivity (Wildman–Crippen MR) is 97.6 cm³/mol. The average molecular weight is 317 g/mol. The zero-order valence-corrected chi connectivity index (χ0v) is 13.8. The van der Waals surface area contributed by atoms with Crippen LogP contribution in [0.2, 0.25) is 0 Å². The van der Waals surface area contributed by atoms with Crippen LogP contribution in [0.5, 0.6) is 0 Å². The summed E-state index contributed by atoms with van der Waals surface area (Å²) in [5.41, 5.74) is 3.60. The van der Waals surface area contributed by atoms with Crippen LogP contribution in [0.4, 0.5) is 5.69 Å². The Morgan fingerprint density at radius 1 is 1.00 bits per heavy atom. The molecular weight excluding hydrogens is 298 g/mol. The van der Waals surface area contributed by atoms with Crippen molar-refractivity contribution in [1.29, 1.82) is 5.41 Å². The first-order valence-electron chi connectivity index (χ1n) is 8.26. The minimum atomic E-state index is 0.427. The Kier molecular flexibility index (Phi) is 3.45. The Balaban J connectivity index is 1.99. The van der Waals surface area contributed by atoms with E-state index in [1.165, 1.54) is 5.69 Å². The number of anilines is 1. The number of benzene rings is 3. The lowest BCUT2D eigenvalue weighted by Crippen LogP contribution is -2.21. The molecule has 1 aliphatic carbocycles. The van der Waals surface area contributed by atoms with Crippen molar-refractivity contribution in [3.05, 3.63) is 53.9 Å². The van der Waals surface area contributed by atoms with Crippen LogP contribution in [-0.2, 0) is 0 Å². The fraction of sp³-hybridized carbons (Fsp3) is 0.200. The summed E-state index contributed by atoms with van der Waals surface area (Å²) in [5, 5.41) is 10.4. The molecule has 0 aromatic heterocycles. The number of hydrogen-bond donors (Lipinski definition) is 1. The SMILES string of the molecule is CCN(CC)c1ccc2c(ccc3nc4ccc(=N)cc-4oc32)c1. The van der Waals surface area contributed by atoms with Gasteiger partial charge in [0.1, 0.15) is 11.2 Å². The molecule has 0 spiro atoms. The van der Waals surface area contributed by atoms with Gasteiger partial charge in [0.15, 0.2) is 11.3 Å². The fourth-order valence-electron chi connectivity index (χ4n) is 3.19. The quantitative estimate of drug-likeness (QED) is 0.450. The van der Waals surface area contributed by atoms with Crippen molar-refractivity contribution < 1.29 is 4.42 Å². The van der Waals surface area contributed by atoms with Crippen LogP contribution >= 0.6 is 0 Å². The van der Waals surface area contributed by atoms with Crippen molar-refractivity contribution in [2.75, 3.05) is 18.0 Å². The molecule has 0 saturated carbocycles. The molecule has 0 unspecified atom stereocenters. The maximum absolute atomic E-state index is 7.77. The second-order valence-corrected chi connectivity index (χ2v) is 5.89. The number of fused-ring (bicyclic) bond motifs is 4. The summed E-state index contributed by atoms with van der Waals surface area (Å²) in [5.74, 6) is 0.648. The van der Waals surface area contributed by atoms with E-state index < -0.39 is 0 Å². The number of nitrogens with zero attached hydrogens (tertiary/aromatic N) is 2. The van der Waals surface area contributed by atoms with Crippen molar-refractivity contribution in [1.82, 2.24) is 4.98 Å². The fourth-order valence-corrected chi connectivity index (χ4v) is 3.19. The van der Waals surface area contributed by atoms with Gasteiger partial charge in [0.25, 0.3) is 0 Å². The van der Waals surface area contributed by atoms with Crippen LogP contribution in [0, 0.1) is 5.41 Å². The van der Waals surface area contributed by atoms with E-state index in [4.69, 9.17) is 9.83 Å². The largest absolute Gasteiger partial charge is 0.452 e. The van der Waals surface area contributed by atoms with Crippen molar-refractivity contribution in [2.24, 2.45) is 0 Å². The lowest BCUT2D eigenvalue weighted by molar-refractivity contribution is 0.615. The lowest BCUT2D eigenvalue weighted by Gasteiger charge is -2.21. The Bertz CT molecular complexity index is 1060. The second kappa shape index (κ2) is 5.64. The molecule has 4 rings (SSSR count). The molecule has 2 aliphatic rings. The number of rotatable bonds is 3. The minimum absolute atomic E-state index is 0.427. The van der Waals surface area contributed by atoms with Crippen LogP contribution < -0.4 is 10.3 Å². The van der Waals surface area contributed by atoms with Gasteiger partial charge in [-0.25, -0.2) is 4.98 Å². The molecule has 0 amide bonds. The molecule has 1 aliphatic heterocycles. The van der Waals surface area contributed by atoms with Gasteiger partial charge in [0.05, 0.1) is 5.36 Å². The lowest BCUT2D eigenvalue weighted by atomic mass is 10.1. The van der Waals surface area contributed by atoms with Gasteiger partial charge in [0.2, 0.25) is 0 Å². The normalized spacial score (nSPS) is 11.4. The summed E-state index contributed by atoms with van der Waals surface area (Å²) in [6.45, 7) is 6.30. The molecule has 0 saturated heterocycles. The highest BCUT2D eigenvalue weighted by atomic mass is 16.3. The molecule has 1 heterocycles. The van der Waals surface area contributed by atoms with E-state index in [0.29, 0.717) is 11.1 Å². The van der Waals surface area contributed by atoms with Crippen LogP contribution in [0.3, 0.4) is 0 Å². The van der Waals surface area contributed by atoms with Crippen molar-refractivity contribution in [2.45, 2.75) is 13.8 Å². The Labute approximate surface area is 140 Å². The molecule has 24 heavy (non-hydrogen) atoms. The first-order chi connectivity index (χ1) is 11.7. The van der Waals surface area contributed by atoms with Gasteiger partial charge in [-0.2, -0.15) is 0 Å². The van der Waals surface area contributed by atoms with Crippen molar-refractivity contribution >= 4 is 27.6 Å². The first kappa shape index (κ1) is 14.7. The molecular formula is C20H19N3O.